The third kappa shape index (κ3) is 3.13. The van der Waals surface area contributed by atoms with Crippen LogP contribution in [-0.2, 0) is 4.74 Å². The Morgan fingerprint density at radius 2 is 2.00 bits per heavy atom. The molecule has 0 saturated heterocycles. The Hall–Kier alpha value is -0.920. The molecular formula is C11H19NO. The molecule has 1 rings (SSSR count). The second-order valence-electron chi connectivity index (χ2n) is 3.28. The van der Waals surface area contributed by atoms with E-state index in [-0.39, 0.29) is 0 Å². The van der Waals surface area contributed by atoms with Gasteiger partial charge in [-0.25, -0.2) is 0 Å². The van der Waals surface area contributed by atoms with Crippen molar-refractivity contribution < 1.29 is 4.74 Å². The molecule has 13 heavy (non-hydrogen) atoms. The molecule has 0 aromatic heterocycles. The fourth-order valence-corrected chi connectivity index (χ4v) is 1.52. The first-order valence-electron chi connectivity index (χ1n) is 5.10. The summed E-state index contributed by atoms with van der Waals surface area (Å²) in [6.45, 7) is 7.43. The summed E-state index contributed by atoms with van der Waals surface area (Å²) in [5.74, 6) is 0. The standard InChI is InChI=1S/C11H19NO/c1-3-7-12(8-4-2)11-6-5-9-13-10-11/h5-6,9H,3-4,7-8,10H2,1-2H3. The first kappa shape index (κ1) is 10.2. The number of allylic oxidation sites excluding steroid dienone is 2. The molecule has 0 atom stereocenters. The Kier molecular flexibility index (Phi) is 4.44. The molecule has 1 aliphatic heterocycles. The average molecular weight is 181 g/mol. The second-order valence-corrected chi connectivity index (χ2v) is 3.28. The first-order valence-corrected chi connectivity index (χ1v) is 5.10. The van der Waals surface area contributed by atoms with Crippen molar-refractivity contribution in [3.63, 3.8) is 0 Å². The van der Waals surface area contributed by atoms with Gasteiger partial charge in [0, 0.05) is 13.1 Å². The molecule has 74 valence electrons. The number of hydrogen-bond acceptors (Lipinski definition) is 2. The summed E-state index contributed by atoms with van der Waals surface area (Å²) in [4.78, 5) is 2.41. The summed E-state index contributed by atoms with van der Waals surface area (Å²) < 4.78 is 5.27. The first-order chi connectivity index (χ1) is 6.38. The smallest absolute Gasteiger partial charge is 0.127 e. The molecule has 0 aliphatic carbocycles. The number of rotatable bonds is 5. The van der Waals surface area contributed by atoms with E-state index in [0.29, 0.717) is 0 Å². The van der Waals surface area contributed by atoms with Crippen molar-refractivity contribution in [2.24, 2.45) is 0 Å². The van der Waals surface area contributed by atoms with Gasteiger partial charge in [0.15, 0.2) is 0 Å². The van der Waals surface area contributed by atoms with Crippen LogP contribution in [-0.4, -0.2) is 24.6 Å². The van der Waals surface area contributed by atoms with E-state index >= 15 is 0 Å². The number of nitrogens with zero attached hydrogens (tertiary/aromatic N) is 1. The Labute approximate surface area is 80.9 Å². The summed E-state index contributed by atoms with van der Waals surface area (Å²) in [5.41, 5.74) is 1.31. The van der Waals surface area contributed by atoms with Crippen molar-refractivity contribution in [1.82, 2.24) is 4.90 Å². The van der Waals surface area contributed by atoms with Gasteiger partial charge in [0.1, 0.15) is 6.61 Å². The van der Waals surface area contributed by atoms with Gasteiger partial charge in [-0.1, -0.05) is 13.8 Å². The van der Waals surface area contributed by atoms with Crippen LogP contribution in [0.15, 0.2) is 24.1 Å². The summed E-state index contributed by atoms with van der Waals surface area (Å²) in [6.07, 6.45) is 8.26. The average Bonchev–Trinajstić information content (AvgIpc) is 2.19. The number of ether oxygens (including phenoxy) is 1. The van der Waals surface area contributed by atoms with E-state index in [1.807, 2.05) is 6.08 Å². The molecule has 0 fully saturated rings. The van der Waals surface area contributed by atoms with Gasteiger partial charge in [0.25, 0.3) is 0 Å². The maximum atomic E-state index is 5.27. The van der Waals surface area contributed by atoms with Crippen LogP contribution >= 0.6 is 0 Å². The molecule has 0 spiro atoms. The van der Waals surface area contributed by atoms with E-state index in [1.165, 1.54) is 18.5 Å². The molecule has 0 amide bonds. The van der Waals surface area contributed by atoms with E-state index < -0.39 is 0 Å². The third-order valence-corrected chi connectivity index (χ3v) is 2.09. The molecule has 0 aromatic carbocycles. The topological polar surface area (TPSA) is 12.5 Å². The van der Waals surface area contributed by atoms with Crippen molar-refractivity contribution >= 4 is 0 Å². The van der Waals surface area contributed by atoms with E-state index in [1.54, 1.807) is 6.26 Å². The maximum Gasteiger partial charge on any atom is 0.127 e. The van der Waals surface area contributed by atoms with Crippen molar-refractivity contribution in [2.75, 3.05) is 19.7 Å². The molecule has 0 unspecified atom stereocenters. The van der Waals surface area contributed by atoms with Crippen molar-refractivity contribution in [1.29, 1.82) is 0 Å². The van der Waals surface area contributed by atoms with Gasteiger partial charge in [0.05, 0.1) is 12.0 Å². The largest absolute Gasteiger partial charge is 0.495 e. The van der Waals surface area contributed by atoms with Crippen LogP contribution < -0.4 is 0 Å². The SMILES string of the molecule is CCCN(CCC)C1=CC=COC1. The summed E-state index contributed by atoms with van der Waals surface area (Å²) >= 11 is 0. The van der Waals surface area contributed by atoms with Gasteiger partial charge >= 0.3 is 0 Å². The van der Waals surface area contributed by atoms with Gasteiger partial charge in [-0.15, -0.1) is 0 Å². The molecule has 0 radical (unpaired) electrons. The van der Waals surface area contributed by atoms with Gasteiger partial charge in [-0.05, 0) is 25.0 Å². The zero-order valence-corrected chi connectivity index (χ0v) is 8.62. The predicted molar refractivity (Wildman–Crippen MR) is 55.3 cm³/mol. The zero-order valence-electron chi connectivity index (χ0n) is 8.62. The van der Waals surface area contributed by atoms with Gasteiger partial charge in [-0.2, -0.15) is 0 Å². The van der Waals surface area contributed by atoms with Crippen LogP contribution in [0.4, 0.5) is 0 Å². The van der Waals surface area contributed by atoms with Crippen molar-refractivity contribution in [3.8, 4) is 0 Å². The van der Waals surface area contributed by atoms with Gasteiger partial charge in [0.2, 0.25) is 0 Å². The Bertz CT molecular complexity index is 190. The minimum Gasteiger partial charge on any atom is -0.495 e. The maximum absolute atomic E-state index is 5.27. The highest BCUT2D eigenvalue weighted by Crippen LogP contribution is 2.10. The minimum atomic E-state index is 0.733. The van der Waals surface area contributed by atoms with Crippen LogP contribution in [0.2, 0.25) is 0 Å². The molecular weight excluding hydrogens is 162 g/mol. The van der Waals surface area contributed by atoms with E-state index in [4.69, 9.17) is 4.74 Å². The van der Waals surface area contributed by atoms with Crippen molar-refractivity contribution in [2.45, 2.75) is 26.7 Å². The van der Waals surface area contributed by atoms with Crippen molar-refractivity contribution in [3.05, 3.63) is 24.1 Å². The fraction of sp³-hybridized carbons (Fsp3) is 0.636. The quantitative estimate of drug-likeness (QED) is 0.646. The lowest BCUT2D eigenvalue weighted by Gasteiger charge is -2.27. The highest BCUT2D eigenvalue weighted by atomic mass is 16.5. The lowest BCUT2D eigenvalue weighted by molar-refractivity contribution is 0.219. The Morgan fingerprint density at radius 3 is 2.46 bits per heavy atom. The van der Waals surface area contributed by atoms with Gasteiger partial charge in [-0.3, -0.25) is 0 Å². The van der Waals surface area contributed by atoms with Crippen LogP contribution in [0.5, 0.6) is 0 Å². The molecule has 2 heteroatoms. The third-order valence-electron chi connectivity index (χ3n) is 2.09. The van der Waals surface area contributed by atoms with E-state index in [9.17, 15) is 0 Å². The molecule has 1 heterocycles. The van der Waals surface area contributed by atoms with Crippen LogP contribution in [0.1, 0.15) is 26.7 Å². The summed E-state index contributed by atoms with van der Waals surface area (Å²) in [7, 11) is 0. The highest BCUT2D eigenvalue weighted by Gasteiger charge is 2.08. The monoisotopic (exact) mass is 181 g/mol. The Morgan fingerprint density at radius 1 is 1.31 bits per heavy atom. The van der Waals surface area contributed by atoms with E-state index in [0.717, 1.165) is 19.7 Å². The molecule has 1 aliphatic rings. The van der Waals surface area contributed by atoms with Gasteiger partial charge < -0.3 is 9.64 Å². The lowest BCUT2D eigenvalue weighted by atomic mass is 10.2. The second kappa shape index (κ2) is 5.68. The van der Waals surface area contributed by atoms with Crippen LogP contribution in [0.3, 0.4) is 0 Å². The fourth-order valence-electron chi connectivity index (χ4n) is 1.52. The minimum absolute atomic E-state index is 0.733. The van der Waals surface area contributed by atoms with E-state index in [2.05, 4.69) is 24.8 Å². The molecule has 0 saturated carbocycles. The molecule has 2 nitrogen and oxygen atoms in total. The highest BCUT2D eigenvalue weighted by molar-refractivity contribution is 5.14. The summed E-state index contributed by atoms with van der Waals surface area (Å²) in [5, 5.41) is 0. The lowest BCUT2D eigenvalue weighted by Crippen LogP contribution is -2.27. The Balaban J connectivity index is 2.51. The van der Waals surface area contributed by atoms with Crippen LogP contribution in [0.25, 0.3) is 0 Å². The summed E-state index contributed by atoms with van der Waals surface area (Å²) in [6, 6.07) is 0. The number of hydrogen-bond donors (Lipinski definition) is 0. The molecule has 0 N–H and O–H groups in total. The molecule has 0 bridgehead atoms. The molecule has 0 aromatic rings. The zero-order chi connectivity index (χ0) is 9.52. The van der Waals surface area contributed by atoms with Crippen LogP contribution in [0, 0.1) is 0 Å². The predicted octanol–water partition coefficient (Wildman–Crippen LogP) is 2.54. The normalized spacial score (nSPS) is 15.1.